The van der Waals surface area contributed by atoms with E-state index in [1.807, 2.05) is 0 Å². The molecule has 4 rings (SSSR count). The number of nitro benzene ring substituents is 1. The van der Waals surface area contributed by atoms with E-state index in [2.05, 4.69) is 0 Å². The summed E-state index contributed by atoms with van der Waals surface area (Å²) in [6, 6.07) is 7.85. The summed E-state index contributed by atoms with van der Waals surface area (Å²) < 4.78 is 6.39. The van der Waals surface area contributed by atoms with E-state index >= 15 is 0 Å². The van der Waals surface area contributed by atoms with Crippen LogP contribution in [0.5, 0.6) is 0 Å². The fourth-order valence-electron chi connectivity index (χ4n) is 3.48. The monoisotopic (exact) mass is 434 g/mol. The van der Waals surface area contributed by atoms with Crippen LogP contribution < -0.4 is 0 Å². The Kier molecular flexibility index (Phi) is 5.27. The second kappa shape index (κ2) is 7.69. The Morgan fingerprint density at radius 1 is 1.29 bits per heavy atom. The van der Waals surface area contributed by atoms with Crippen LogP contribution >= 0.6 is 35.6 Å². The number of non-ortho nitro benzene ring substituents is 1. The third-order valence-corrected chi connectivity index (χ3v) is 6.49. The van der Waals surface area contributed by atoms with Crippen molar-refractivity contribution in [3.63, 3.8) is 0 Å². The average molecular weight is 435 g/mol. The normalized spacial score (nSPS) is 19.2. The number of rotatable bonds is 4. The van der Waals surface area contributed by atoms with Crippen molar-refractivity contribution in [2.24, 2.45) is 0 Å². The van der Waals surface area contributed by atoms with Crippen LogP contribution in [-0.2, 0) is 4.79 Å². The van der Waals surface area contributed by atoms with Crippen molar-refractivity contribution >= 4 is 57.6 Å². The van der Waals surface area contributed by atoms with Crippen molar-refractivity contribution in [3.8, 4) is 11.3 Å². The molecular formula is C19H15ClN2O4S2. The van der Waals surface area contributed by atoms with Gasteiger partial charge in [-0.3, -0.25) is 19.8 Å². The number of thiocarbonyl (C=S) groups is 1. The summed E-state index contributed by atoms with van der Waals surface area (Å²) in [5.41, 5.74) is 0.460. The first-order valence-electron chi connectivity index (χ1n) is 8.75. The quantitative estimate of drug-likeness (QED) is 0.268. The van der Waals surface area contributed by atoms with Crippen LogP contribution in [0.1, 0.15) is 31.4 Å². The van der Waals surface area contributed by atoms with Crippen LogP contribution in [0.2, 0.25) is 5.02 Å². The van der Waals surface area contributed by atoms with Gasteiger partial charge in [0.15, 0.2) is 0 Å². The Balaban J connectivity index is 1.57. The van der Waals surface area contributed by atoms with Gasteiger partial charge >= 0.3 is 0 Å². The second-order valence-corrected chi connectivity index (χ2v) is 8.70. The maximum Gasteiger partial charge on any atom is 0.270 e. The standard InChI is InChI=1S/C19H15ClN2O4S2/c20-15-9-12(22(24)25)5-7-14(15)16-8-6-13(26-16)10-17-18(23)21(19(27)28-17)11-3-1-2-4-11/h5-11H,1-4H2/b17-10-. The second-order valence-electron chi connectivity index (χ2n) is 6.61. The van der Waals surface area contributed by atoms with Gasteiger partial charge in [0.25, 0.3) is 11.6 Å². The zero-order valence-electron chi connectivity index (χ0n) is 14.6. The lowest BCUT2D eigenvalue weighted by atomic mass is 10.1. The summed E-state index contributed by atoms with van der Waals surface area (Å²) in [6.07, 6.45) is 5.90. The van der Waals surface area contributed by atoms with E-state index < -0.39 is 4.92 Å². The lowest BCUT2D eigenvalue weighted by Crippen LogP contribution is -2.36. The number of furan rings is 1. The largest absolute Gasteiger partial charge is 0.457 e. The molecule has 0 spiro atoms. The van der Waals surface area contributed by atoms with Gasteiger partial charge in [-0.15, -0.1) is 0 Å². The molecule has 0 unspecified atom stereocenters. The molecule has 2 aliphatic rings. The van der Waals surface area contributed by atoms with Gasteiger partial charge in [-0.2, -0.15) is 0 Å². The summed E-state index contributed by atoms with van der Waals surface area (Å²) in [6.45, 7) is 0. The highest BCUT2D eigenvalue weighted by molar-refractivity contribution is 8.26. The van der Waals surface area contributed by atoms with Gasteiger partial charge in [0.05, 0.1) is 14.9 Å². The third kappa shape index (κ3) is 3.59. The van der Waals surface area contributed by atoms with Crippen LogP contribution in [-0.4, -0.2) is 26.1 Å². The van der Waals surface area contributed by atoms with Gasteiger partial charge < -0.3 is 4.42 Å². The molecule has 144 valence electrons. The number of halogens is 1. The third-order valence-electron chi connectivity index (χ3n) is 4.84. The fraction of sp³-hybridized carbons (Fsp3) is 0.263. The van der Waals surface area contributed by atoms with Gasteiger partial charge in [-0.05, 0) is 31.0 Å². The van der Waals surface area contributed by atoms with Crippen LogP contribution in [0.3, 0.4) is 0 Å². The maximum absolute atomic E-state index is 12.8. The van der Waals surface area contributed by atoms with E-state index in [0.717, 1.165) is 25.7 Å². The molecule has 0 radical (unpaired) electrons. The van der Waals surface area contributed by atoms with Crippen molar-refractivity contribution in [2.75, 3.05) is 0 Å². The van der Waals surface area contributed by atoms with Gasteiger partial charge in [-0.25, -0.2) is 0 Å². The Morgan fingerprint density at radius 3 is 2.71 bits per heavy atom. The number of carbonyl (C=O) groups excluding carboxylic acids is 1. The van der Waals surface area contributed by atoms with Crippen LogP contribution in [0.4, 0.5) is 5.69 Å². The highest BCUT2D eigenvalue weighted by Gasteiger charge is 2.38. The maximum atomic E-state index is 12.8. The van der Waals surface area contributed by atoms with E-state index in [0.29, 0.717) is 26.3 Å². The first-order valence-corrected chi connectivity index (χ1v) is 10.4. The van der Waals surface area contributed by atoms with E-state index in [4.69, 9.17) is 28.2 Å². The molecule has 0 bridgehead atoms. The van der Waals surface area contributed by atoms with E-state index in [1.54, 1.807) is 29.2 Å². The van der Waals surface area contributed by atoms with Gasteiger partial charge in [0.1, 0.15) is 15.8 Å². The van der Waals surface area contributed by atoms with Crippen LogP contribution in [0.15, 0.2) is 39.7 Å². The molecule has 0 atom stereocenters. The molecule has 1 aromatic carbocycles. The first-order chi connectivity index (χ1) is 13.4. The van der Waals surface area contributed by atoms with Gasteiger partial charge in [0, 0.05) is 29.8 Å². The predicted molar refractivity (Wildman–Crippen MR) is 113 cm³/mol. The fourth-order valence-corrected chi connectivity index (χ4v) is 5.13. The molecule has 1 aromatic heterocycles. The number of amides is 1. The molecule has 1 saturated heterocycles. The van der Waals surface area contributed by atoms with E-state index in [1.165, 1.54) is 23.9 Å². The lowest BCUT2D eigenvalue weighted by molar-refractivity contribution is -0.384. The number of nitrogens with zero attached hydrogens (tertiary/aromatic N) is 2. The van der Waals surface area contributed by atoms with Crippen molar-refractivity contribution in [2.45, 2.75) is 31.7 Å². The predicted octanol–water partition coefficient (Wildman–Crippen LogP) is 5.65. The highest BCUT2D eigenvalue weighted by atomic mass is 35.5. The van der Waals surface area contributed by atoms with Crippen molar-refractivity contribution < 1.29 is 14.1 Å². The summed E-state index contributed by atoms with van der Waals surface area (Å²) in [7, 11) is 0. The Labute approximate surface area is 175 Å². The zero-order valence-corrected chi connectivity index (χ0v) is 17.0. The molecule has 1 saturated carbocycles. The number of hydrogen-bond acceptors (Lipinski definition) is 6. The first kappa shape index (κ1) is 19.2. The summed E-state index contributed by atoms with van der Waals surface area (Å²) >= 11 is 12.8. The van der Waals surface area contributed by atoms with Gasteiger partial charge in [-0.1, -0.05) is 48.4 Å². The molecule has 1 aliphatic carbocycles. The van der Waals surface area contributed by atoms with Crippen molar-refractivity contribution in [3.05, 3.63) is 56.1 Å². The molecule has 2 heterocycles. The lowest BCUT2D eigenvalue weighted by Gasteiger charge is -2.21. The highest BCUT2D eigenvalue weighted by Crippen LogP contribution is 2.39. The van der Waals surface area contributed by atoms with Crippen molar-refractivity contribution in [1.29, 1.82) is 0 Å². The minimum Gasteiger partial charge on any atom is -0.457 e. The van der Waals surface area contributed by atoms with Crippen LogP contribution in [0, 0.1) is 10.1 Å². The minimum absolute atomic E-state index is 0.0757. The zero-order chi connectivity index (χ0) is 19.8. The SMILES string of the molecule is O=C1/C(=C/c2ccc(-c3ccc([N+](=O)[O-])cc3Cl)o2)SC(=S)N1C1CCCC1. The molecule has 9 heteroatoms. The molecule has 0 N–H and O–H groups in total. The summed E-state index contributed by atoms with van der Waals surface area (Å²) in [5, 5.41) is 11.1. The summed E-state index contributed by atoms with van der Waals surface area (Å²) in [4.78, 5) is 25.4. The van der Waals surface area contributed by atoms with Crippen LogP contribution in [0.25, 0.3) is 17.4 Å². The smallest absolute Gasteiger partial charge is 0.270 e. The molecule has 2 fully saturated rings. The molecule has 2 aromatic rings. The Hall–Kier alpha value is -2.16. The average Bonchev–Trinajstić information content (AvgIpc) is 3.37. The topological polar surface area (TPSA) is 76.6 Å². The molecule has 1 amide bonds. The van der Waals surface area contributed by atoms with Crippen molar-refractivity contribution in [1.82, 2.24) is 4.90 Å². The Morgan fingerprint density at radius 2 is 2.04 bits per heavy atom. The minimum atomic E-state index is -0.504. The number of hydrogen-bond donors (Lipinski definition) is 0. The van der Waals surface area contributed by atoms with Gasteiger partial charge in [0.2, 0.25) is 0 Å². The molecule has 1 aliphatic heterocycles. The number of carbonyl (C=O) groups is 1. The Bertz CT molecular complexity index is 1010. The number of nitro groups is 1. The molecular weight excluding hydrogens is 420 g/mol. The number of thioether (sulfide) groups is 1. The molecule has 6 nitrogen and oxygen atoms in total. The summed E-state index contributed by atoms with van der Waals surface area (Å²) in [5.74, 6) is 0.891. The van der Waals surface area contributed by atoms with E-state index in [-0.39, 0.29) is 22.7 Å². The molecule has 28 heavy (non-hydrogen) atoms. The number of benzene rings is 1. The van der Waals surface area contributed by atoms with E-state index in [9.17, 15) is 14.9 Å².